The molecule has 0 aliphatic rings. The van der Waals surface area contributed by atoms with Crippen LogP contribution in [0.15, 0.2) is 42.5 Å². The van der Waals surface area contributed by atoms with E-state index in [1.54, 1.807) is 24.3 Å². The number of hydrogen-bond acceptors (Lipinski definition) is 2. The van der Waals surface area contributed by atoms with Gasteiger partial charge in [-0.25, -0.2) is 0 Å². The number of alkyl halides is 3. The van der Waals surface area contributed by atoms with Crippen LogP contribution in [0.5, 0.6) is 0 Å². The molecule has 1 amide bonds. The van der Waals surface area contributed by atoms with Crippen molar-refractivity contribution in [3.05, 3.63) is 58.1 Å². The van der Waals surface area contributed by atoms with E-state index in [9.17, 15) is 18.0 Å². The summed E-state index contributed by atoms with van der Waals surface area (Å²) >= 11 is 11.5. The van der Waals surface area contributed by atoms with Gasteiger partial charge in [-0.2, -0.15) is 13.2 Å². The van der Waals surface area contributed by atoms with Crippen LogP contribution in [0.2, 0.25) is 10.0 Å². The third-order valence-electron chi connectivity index (χ3n) is 3.10. The summed E-state index contributed by atoms with van der Waals surface area (Å²) in [6.45, 7) is 0.162. The van der Waals surface area contributed by atoms with Crippen LogP contribution >= 0.6 is 23.2 Å². The lowest BCUT2D eigenvalue weighted by atomic mass is 10.2. The van der Waals surface area contributed by atoms with Gasteiger partial charge in [-0.3, -0.25) is 4.79 Å². The summed E-state index contributed by atoms with van der Waals surface area (Å²) in [4.78, 5) is 11.8. The van der Waals surface area contributed by atoms with Crippen molar-refractivity contribution in [2.45, 2.75) is 12.6 Å². The van der Waals surface area contributed by atoms with Gasteiger partial charge in [0.05, 0.1) is 21.3 Å². The molecule has 2 aromatic rings. The lowest BCUT2D eigenvalue weighted by Crippen LogP contribution is -2.16. The van der Waals surface area contributed by atoms with E-state index in [1.165, 1.54) is 6.07 Å². The van der Waals surface area contributed by atoms with Gasteiger partial charge in [0, 0.05) is 18.7 Å². The molecule has 2 rings (SSSR count). The predicted octanol–water partition coefficient (Wildman–Crippen LogP) is 5.45. The first-order valence-electron chi connectivity index (χ1n) is 6.92. The minimum absolute atomic E-state index is 0.0647. The summed E-state index contributed by atoms with van der Waals surface area (Å²) < 4.78 is 38.3. The van der Waals surface area contributed by atoms with Gasteiger partial charge in [0.1, 0.15) is 0 Å². The van der Waals surface area contributed by atoms with Crippen molar-refractivity contribution in [2.75, 3.05) is 17.2 Å². The Morgan fingerprint density at radius 2 is 1.75 bits per heavy atom. The molecule has 0 heterocycles. The zero-order chi connectivity index (χ0) is 17.7. The lowest BCUT2D eigenvalue weighted by molar-refractivity contribution is -0.137. The average molecular weight is 377 g/mol. The van der Waals surface area contributed by atoms with Crippen molar-refractivity contribution in [1.29, 1.82) is 0 Å². The minimum Gasteiger partial charge on any atom is -0.385 e. The quantitative estimate of drug-likeness (QED) is 0.727. The Bertz CT molecular complexity index is 736. The number of halogens is 5. The number of carbonyl (C=O) groups excluding carboxylic acids is 1. The summed E-state index contributed by atoms with van der Waals surface area (Å²) in [6.07, 6.45) is -4.47. The number of nitrogens with one attached hydrogen (secondary N) is 2. The van der Waals surface area contributed by atoms with E-state index in [4.69, 9.17) is 23.2 Å². The van der Waals surface area contributed by atoms with Crippen molar-refractivity contribution < 1.29 is 18.0 Å². The molecule has 2 N–H and O–H groups in total. The number of carbonyl (C=O) groups is 1. The number of anilines is 2. The Kier molecular flexibility index (Phi) is 5.96. The van der Waals surface area contributed by atoms with Crippen molar-refractivity contribution in [3.63, 3.8) is 0 Å². The van der Waals surface area contributed by atoms with E-state index in [-0.39, 0.29) is 29.6 Å². The third kappa shape index (κ3) is 5.04. The van der Waals surface area contributed by atoms with Crippen molar-refractivity contribution in [3.8, 4) is 0 Å². The second kappa shape index (κ2) is 7.77. The van der Waals surface area contributed by atoms with Gasteiger partial charge >= 0.3 is 6.18 Å². The second-order valence-corrected chi connectivity index (χ2v) is 5.71. The Labute approximate surface area is 146 Å². The molecule has 8 heteroatoms. The molecule has 0 radical (unpaired) electrons. The number of rotatable bonds is 5. The molecule has 0 unspecified atom stereocenters. The van der Waals surface area contributed by atoms with E-state index in [1.807, 2.05) is 0 Å². The molecule has 128 valence electrons. The molecule has 0 aliphatic heterocycles. The molecule has 0 spiro atoms. The van der Waals surface area contributed by atoms with Gasteiger partial charge in [-0.15, -0.1) is 0 Å². The van der Waals surface area contributed by atoms with Crippen molar-refractivity contribution >= 4 is 40.5 Å². The maximum absolute atomic E-state index is 12.8. The zero-order valence-corrected chi connectivity index (χ0v) is 13.8. The Morgan fingerprint density at radius 3 is 2.42 bits per heavy atom. The van der Waals surface area contributed by atoms with E-state index in [0.717, 1.165) is 12.1 Å². The molecular formula is C16H13Cl2F3N2O. The normalized spacial score (nSPS) is 11.2. The number of amides is 1. The predicted molar refractivity (Wildman–Crippen MR) is 89.6 cm³/mol. The lowest BCUT2D eigenvalue weighted by Gasteiger charge is -2.12. The first kappa shape index (κ1) is 18.4. The van der Waals surface area contributed by atoms with Gasteiger partial charge < -0.3 is 10.6 Å². The van der Waals surface area contributed by atoms with Gasteiger partial charge in [0.15, 0.2) is 0 Å². The minimum atomic E-state index is -4.53. The van der Waals surface area contributed by atoms with Crippen LogP contribution in [-0.4, -0.2) is 12.5 Å². The largest absolute Gasteiger partial charge is 0.417 e. The third-order valence-corrected chi connectivity index (χ3v) is 3.76. The fraction of sp³-hybridized carbons (Fsp3) is 0.188. The zero-order valence-electron chi connectivity index (χ0n) is 12.3. The summed E-state index contributed by atoms with van der Waals surface area (Å²) in [5.74, 6) is -0.305. The summed E-state index contributed by atoms with van der Waals surface area (Å²) in [5.41, 5.74) is -0.207. The molecule has 0 fully saturated rings. The SMILES string of the molecule is O=C(CCNc1ccc(Cl)c(C(F)(F)F)c1)Nc1ccccc1Cl. The van der Waals surface area contributed by atoms with Crippen LogP contribution in [-0.2, 0) is 11.0 Å². The topological polar surface area (TPSA) is 41.1 Å². The molecule has 0 aromatic heterocycles. The Hall–Kier alpha value is -1.92. The van der Waals surface area contributed by atoms with Crippen molar-refractivity contribution in [2.24, 2.45) is 0 Å². The summed E-state index contributed by atoms with van der Waals surface area (Å²) in [6, 6.07) is 10.3. The van der Waals surface area contributed by atoms with Gasteiger partial charge in [-0.05, 0) is 30.3 Å². The molecule has 2 aromatic carbocycles. The van der Waals surface area contributed by atoms with E-state index >= 15 is 0 Å². The fourth-order valence-electron chi connectivity index (χ4n) is 1.95. The highest BCUT2D eigenvalue weighted by Gasteiger charge is 2.33. The van der Waals surface area contributed by atoms with Crippen LogP contribution in [0.25, 0.3) is 0 Å². The van der Waals surface area contributed by atoms with Crippen LogP contribution in [0.1, 0.15) is 12.0 Å². The number of hydrogen-bond donors (Lipinski definition) is 2. The molecule has 3 nitrogen and oxygen atoms in total. The maximum atomic E-state index is 12.8. The highest BCUT2D eigenvalue weighted by molar-refractivity contribution is 6.33. The number of benzene rings is 2. The highest BCUT2D eigenvalue weighted by Crippen LogP contribution is 2.36. The second-order valence-electron chi connectivity index (χ2n) is 4.90. The van der Waals surface area contributed by atoms with E-state index in [0.29, 0.717) is 10.7 Å². The molecule has 0 bridgehead atoms. The smallest absolute Gasteiger partial charge is 0.385 e. The van der Waals surface area contributed by atoms with Crippen molar-refractivity contribution in [1.82, 2.24) is 0 Å². The van der Waals surface area contributed by atoms with Crippen LogP contribution < -0.4 is 10.6 Å². The summed E-state index contributed by atoms with van der Waals surface area (Å²) in [7, 11) is 0. The van der Waals surface area contributed by atoms with Crippen LogP contribution in [0.4, 0.5) is 24.5 Å². The van der Waals surface area contributed by atoms with Gasteiger partial charge in [-0.1, -0.05) is 35.3 Å². The standard InChI is InChI=1S/C16H13Cl2F3N2O/c17-12-6-5-10(9-11(12)16(19,20)21)22-8-7-15(24)23-14-4-2-1-3-13(14)18/h1-6,9,22H,7-8H2,(H,23,24). The first-order chi connectivity index (χ1) is 11.3. The van der Waals surface area contributed by atoms with Crippen LogP contribution in [0, 0.1) is 0 Å². The molecule has 0 aliphatic carbocycles. The number of para-hydroxylation sites is 1. The Balaban J connectivity index is 1.90. The summed E-state index contributed by atoms with van der Waals surface area (Å²) in [5, 5.41) is 5.43. The molecular weight excluding hydrogens is 364 g/mol. The van der Waals surface area contributed by atoms with Gasteiger partial charge in [0.25, 0.3) is 0 Å². The highest BCUT2D eigenvalue weighted by atomic mass is 35.5. The van der Waals surface area contributed by atoms with E-state index < -0.39 is 11.7 Å². The Morgan fingerprint density at radius 1 is 1.04 bits per heavy atom. The monoisotopic (exact) mass is 376 g/mol. The molecule has 0 atom stereocenters. The molecule has 0 saturated heterocycles. The molecule has 0 saturated carbocycles. The first-order valence-corrected chi connectivity index (χ1v) is 7.68. The molecule has 24 heavy (non-hydrogen) atoms. The fourth-order valence-corrected chi connectivity index (χ4v) is 2.36. The maximum Gasteiger partial charge on any atom is 0.417 e. The van der Waals surface area contributed by atoms with Crippen LogP contribution in [0.3, 0.4) is 0 Å². The van der Waals surface area contributed by atoms with Gasteiger partial charge in [0.2, 0.25) is 5.91 Å². The average Bonchev–Trinajstić information content (AvgIpc) is 2.50. The van der Waals surface area contributed by atoms with E-state index in [2.05, 4.69) is 10.6 Å².